The molecule has 0 spiro atoms. The fourth-order valence-corrected chi connectivity index (χ4v) is 1.81. The van der Waals surface area contributed by atoms with Gasteiger partial charge in [0.15, 0.2) is 0 Å². The Bertz CT molecular complexity index is 541. The molecule has 4 heteroatoms. The molecule has 0 amide bonds. The molecule has 3 N–H and O–H groups in total. The molecular formula is C16H21N3O. The molecule has 0 unspecified atom stereocenters. The van der Waals surface area contributed by atoms with Gasteiger partial charge >= 0.3 is 0 Å². The molecule has 0 aliphatic carbocycles. The van der Waals surface area contributed by atoms with Gasteiger partial charge in [-0.15, -0.1) is 0 Å². The van der Waals surface area contributed by atoms with E-state index in [0.717, 1.165) is 11.3 Å². The van der Waals surface area contributed by atoms with Crippen LogP contribution in [0.4, 0.5) is 5.82 Å². The molecule has 0 radical (unpaired) electrons. The molecule has 1 aromatic carbocycles. The summed E-state index contributed by atoms with van der Waals surface area (Å²) in [5.74, 6) is 6.77. The van der Waals surface area contributed by atoms with Crippen LogP contribution in [0.15, 0.2) is 42.6 Å². The van der Waals surface area contributed by atoms with Gasteiger partial charge in [-0.05, 0) is 29.2 Å². The van der Waals surface area contributed by atoms with Crippen LogP contribution in [-0.4, -0.2) is 4.98 Å². The van der Waals surface area contributed by atoms with Crippen molar-refractivity contribution in [1.82, 2.24) is 4.98 Å². The highest BCUT2D eigenvalue weighted by atomic mass is 16.5. The Morgan fingerprint density at radius 1 is 1.10 bits per heavy atom. The molecule has 0 atom stereocenters. The molecular weight excluding hydrogens is 250 g/mol. The number of anilines is 1. The second kappa shape index (κ2) is 5.92. The summed E-state index contributed by atoms with van der Waals surface area (Å²) in [5.41, 5.74) is 4.96. The maximum absolute atomic E-state index is 5.74. The molecule has 0 saturated carbocycles. The summed E-state index contributed by atoms with van der Waals surface area (Å²) in [6.07, 6.45) is 1.75. The Morgan fingerprint density at radius 2 is 1.80 bits per heavy atom. The van der Waals surface area contributed by atoms with Crippen molar-refractivity contribution in [3.05, 3.63) is 53.7 Å². The third-order valence-corrected chi connectivity index (χ3v) is 3.10. The summed E-state index contributed by atoms with van der Waals surface area (Å²) >= 11 is 0. The van der Waals surface area contributed by atoms with Gasteiger partial charge in [0.1, 0.15) is 18.2 Å². The Hall–Kier alpha value is -2.07. The zero-order valence-electron chi connectivity index (χ0n) is 12.2. The van der Waals surface area contributed by atoms with E-state index in [9.17, 15) is 0 Å². The molecule has 0 bridgehead atoms. The van der Waals surface area contributed by atoms with Gasteiger partial charge < -0.3 is 10.2 Å². The Morgan fingerprint density at radius 3 is 2.30 bits per heavy atom. The number of hydrogen-bond donors (Lipinski definition) is 2. The number of hydrogen-bond acceptors (Lipinski definition) is 4. The fraction of sp³-hybridized carbons (Fsp3) is 0.312. The normalized spacial score (nSPS) is 11.2. The van der Waals surface area contributed by atoms with E-state index in [1.54, 1.807) is 6.20 Å². The first-order valence-electron chi connectivity index (χ1n) is 6.64. The van der Waals surface area contributed by atoms with Gasteiger partial charge in [-0.3, -0.25) is 0 Å². The lowest BCUT2D eigenvalue weighted by atomic mass is 9.87. The van der Waals surface area contributed by atoms with Crippen molar-refractivity contribution in [3.63, 3.8) is 0 Å². The molecule has 4 nitrogen and oxygen atoms in total. The maximum Gasteiger partial charge on any atom is 0.139 e. The van der Waals surface area contributed by atoms with E-state index in [0.29, 0.717) is 12.4 Å². The molecule has 1 heterocycles. The number of aromatic nitrogens is 1. The summed E-state index contributed by atoms with van der Waals surface area (Å²) in [7, 11) is 0. The summed E-state index contributed by atoms with van der Waals surface area (Å²) in [4.78, 5) is 4.14. The van der Waals surface area contributed by atoms with Gasteiger partial charge in [0.25, 0.3) is 0 Å². The van der Waals surface area contributed by atoms with Gasteiger partial charge in [0.05, 0.1) is 0 Å². The molecule has 0 fully saturated rings. The van der Waals surface area contributed by atoms with Gasteiger partial charge in [-0.2, -0.15) is 0 Å². The summed E-state index contributed by atoms with van der Waals surface area (Å²) in [5, 5.41) is 0. The number of nitrogens with zero attached hydrogens (tertiary/aromatic N) is 1. The van der Waals surface area contributed by atoms with Crippen molar-refractivity contribution in [2.24, 2.45) is 5.84 Å². The van der Waals surface area contributed by atoms with Crippen LogP contribution in [0.5, 0.6) is 5.75 Å². The molecule has 1 aromatic heterocycles. The van der Waals surface area contributed by atoms with Crippen LogP contribution in [0.1, 0.15) is 31.9 Å². The van der Waals surface area contributed by atoms with E-state index in [-0.39, 0.29) is 5.41 Å². The van der Waals surface area contributed by atoms with Gasteiger partial charge in [-0.25, -0.2) is 10.8 Å². The monoisotopic (exact) mass is 271 g/mol. The van der Waals surface area contributed by atoms with Crippen LogP contribution in [0, 0.1) is 0 Å². The van der Waals surface area contributed by atoms with Crippen molar-refractivity contribution in [1.29, 1.82) is 0 Å². The van der Waals surface area contributed by atoms with Crippen LogP contribution in [0.3, 0.4) is 0 Å². The van der Waals surface area contributed by atoms with Crippen molar-refractivity contribution in [3.8, 4) is 5.75 Å². The SMILES string of the molecule is CC(C)(C)c1ccc(OCc2ccc(NN)nc2)cc1. The summed E-state index contributed by atoms with van der Waals surface area (Å²) in [6.45, 7) is 7.08. The minimum Gasteiger partial charge on any atom is -0.489 e. The quantitative estimate of drug-likeness (QED) is 0.662. The first kappa shape index (κ1) is 14.3. The van der Waals surface area contributed by atoms with E-state index in [4.69, 9.17) is 10.6 Å². The number of rotatable bonds is 4. The van der Waals surface area contributed by atoms with Crippen LogP contribution >= 0.6 is 0 Å². The molecule has 106 valence electrons. The first-order chi connectivity index (χ1) is 9.49. The minimum absolute atomic E-state index is 0.160. The molecule has 0 saturated heterocycles. The highest BCUT2D eigenvalue weighted by Gasteiger charge is 2.12. The number of nitrogens with one attached hydrogen (secondary N) is 1. The summed E-state index contributed by atoms with van der Waals surface area (Å²) < 4.78 is 5.74. The number of benzene rings is 1. The predicted molar refractivity (Wildman–Crippen MR) is 81.5 cm³/mol. The largest absolute Gasteiger partial charge is 0.489 e. The minimum atomic E-state index is 0.160. The molecule has 0 aliphatic heterocycles. The number of ether oxygens (including phenoxy) is 1. The van der Waals surface area contributed by atoms with Crippen molar-refractivity contribution >= 4 is 5.82 Å². The third-order valence-electron chi connectivity index (χ3n) is 3.10. The van der Waals surface area contributed by atoms with Crippen LogP contribution in [-0.2, 0) is 12.0 Å². The van der Waals surface area contributed by atoms with Crippen LogP contribution in [0.25, 0.3) is 0 Å². The average molecular weight is 271 g/mol. The number of nitrogens with two attached hydrogens (primary N) is 1. The Kier molecular flexibility index (Phi) is 4.25. The topological polar surface area (TPSA) is 60.2 Å². The van der Waals surface area contributed by atoms with E-state index in [2.05, 4.69) is 43.3 Å². The summed E-state index contributed by atoms with van der Waals surface area (Å²) in [6, 6.07) is 12.0. The van der Waals surface area contributed by atoms with E-state index < -0.39 is 0 Å². The third kappa shape index (κ3) is 3.71. The zero-order valence-corrected chi connectivity index (χ0v) is 12.2. The Labute approximate surface area is 120 Å². The van der Waals surface area contributed by atoms with Gasteiger partial charge in [0.2, 0.25) is 0 Å². The van der Waals surface area contributed by atoms with E-state index >= 15 is 0 Å². The molecule has 20 heavy (non-hydrogen) atoms. The van der Waals surface area contributed by atoms with Crippen molar-refractivity contribution < 1.29 is 4.74 Å². The van der Waals surface area contributed by atoms with Gasteiger partial charge in [-0.1, -0.05) is 39.0 Å². The lowest BCUT2D eigenvalue weighted by Gasteiger charge is -2.19. The van der Waals surface area contributed by atoms with E-state index in [1.807, 2.05) is 24.3 Å². The van der Waals surface area contributed by atoms with Crippen LogP contribution in [0.2, 0.25) is 0 Å². The predicted octanol–water partition coefficient (Wildman–Crippen LogP) is 3.24. The lowest BCUT2D eigenvalue weighted by Crippen LogP contribution is -2.10. The average Bonchev–Trinajstić information content (AvgIpc) is 2.45. The fourth-order valence-electron chi connectivity index (χ4n) is 1.81. The Balaban J connectivity index is 1.96. The second-order valence-electron chi connectivity index (χ2n) is 5.76. The van der Waals surface area contributed by atoms with Gasteiger partial charge in [0, 0.05) is 11.8 Å². The van der Waals surface area contributed by atoms with Crippen molar-refractivity contribution in [2.45, 2.75) is 32.8 Å². The molecule has 2 aromatic rings. The standard InChI is InChI=1S/C16H21N3O/c1-16(2,3)13-5-7-14(8-6-13)20-11-12-4-9-15(19-17)18-10-12/h4-10H,11,17H2,1-3H3,(H,18,19). The molecule has 2 rings (SSSR count). The highest BCUT2D eigenvalue weighted by molar-refractivity contribution is 5.34. The highest BCUT2D eigenvalue weighted by Crippen LogP contribution is 2.24. The second-order valence-corrected chi connectivity index (χ2v) is 5.76. The number of nitrogen functional groups attached to an aromatic ring is 1. The lowest BCUT2D eigenvalue weighted by molar-refractivity contribution is 0.305. The smallest absolute Gasteiger partial charge is 0.139 e. The van der Waals surface area contributed by atoms with Crippen LogP contribution < -0.4 is 16.0 Å². The first-order valence-corrected chi connectivity index (χ1v) is 6.64. The zero-order chi connectivity index (χ0) is 14.6. The van der Waals surface area contributed by atoms with E-state index in [1.165, 1.54) is 5.56 Å². The molecule has 0 aliphatic rings. The van der Waals surface area contributed by atoms with Crippen molar-refractivity contribution in [2.75, 3.05) is 5.43 Å². The number of hydrazine groups is 1. The number of pyridine rings is 1. The maximum atomic E-state index is 5.74.